The van der Waals surface area contributed by atoms with Gasteiger partial charge < -0.3 is 9.88 Å². The van der Waals surface area contributed by atoms with E-state index in [-0.39, 0.29) is 24.9 Å². The first-order valence-electron chi connectivity index (χ1n) is 7.77. The average molecular weight is 301 g/mol. The van der Waals surface area contributed by atoms with Crippen LogP contribution in [0.5, 0.6) is 0 Å². The van der Waals surface area contributed by atoms with Crippen molar-refractivity contribution in [3.05, 3.63) is 17.7 Å². The molecule has 3 atom stereocenters. The van der Waals surface area contributed by atoms with Gasteiger partial charge in [0, 0.05) is 31.2 Å². The van der Waals surface area contributed by atoms with Crippen LogP contribution in [0.2, 0.25) is 0 Å². The lowest BCUT2D eigenvalue weighted by atomic mass is 9.84. The number of hydrogen-bond donors (Lipinski definition) is 1. The third-order valence-corrected chi connectivity index (χ3v) is 4.72. The van der Waals surface area contributed by atoms with Gasteiger partial charge in [-0.3, -0.25) is 0 Å². The molecule has 2 aliphatic rings. The molecule has 1 aromatic rings. The Labute approximate surface area is 122 Å². The van der Waals surface area contributed by atoms with Gasteiger partial charge in [0.1, 0.15) is 5.82 Å². The molecule has 3 rings (SSSR count). The number of nitrogens with zero attached hydrogens (tertiary/aromatic N) is 2. The lowest BCUT2D eigenvalue weighted by Gasteiger charge is -2.35. The van der Waals surface area contributed by atoms with E-state index in [9.17, 15) is 13.2 Å². The number of rotatable bonds is 2. The molecule has 0 radical (unpaired) electrons. The van der Waals surface area contributed by atoms with Crippen LogP contribution in [0.3, 0.4) is 0 Å². The molecule has 2 heterocycles. The fraction of sp³-hybridized carbons (Fsp3) is 0.800. The molecule has 0 bridgehead atoms. The van der Waals surface area contributed by atoms with Crippen molar-refractivity contribution >= 4 is 0 Å². The second kappa shape index (κ2) is 5.63. The van der Waals surface area contributed by atoms with Crippen LogP contribution in [-0.2, 0) is 13.0 Å². The Morgan fingerprint density at radius 3 is 2.81 bits per heavy atom. The number of fused-ring (bicyclic) bond motifs is 1. The van der Waals surface area contributed by atoms with Gasteiger partial charge >= 0.3 is 6.18 Å². The van der Waals surface area contributed by atoms with Gasteiger partial charge in [0.25, 0.3) is 0 Å². The molecular weight excluding hydrogens is 279 g/mol. The van der Waals surface area contributed by atoms with Crippen LogP contribution < -0.4 is 5.32 Å². The molecular formula is C15H22F3N3. The summed E-state index contributed by atoms with van der Waals surface area (Å²) < 4.78 is 40.7. The first-order chi connectivity index (χ1) is 9.91. The molecule has 6 heteroatoms. The number of aromatic nitrogens is 2. The van der Waals surface area contributed by atoms with Gasteiger partial charge in [0.05, 0.1) is 11.6 Å². The van der Waals surface area contributed by atoms with Crippen molar-refractivity contribution in [3.8, 4) is 0 Å². The molecule has 1 fully saturated rings. The SMILES string of the molecule is Cc1cn2c(n1)CCC(NC1CCCC(C(F)(F)F)C1)C2. The Hall–Kier alpha value is -1.04. The molecule has 1 aromatic heterocycles. The van der Waals surface area contributed by atoms with Gasteiger partial charge in [0.2, 0.25) is 0 Å². The molecule has 0 saturated heterocycles. The summed E-state index contributed by atoms with van der Waals surface area (Å²) in [6, 6.07) is 0.268. The number of alkyl halides is 3. The maximum Gasteiger partial charge on any atom is 0.391 e. The Balaban J connectivity index is 1.57. The van der Waals surface area contributed by atoms with E-state index in [4.69, 9.17) is 0 Å². The van der Waals surface area contributed by atoms with Crippen LogP contribution in [0.4, 0.5) is 13.2 Å². The lowest BCUT2D eigenvalue weighted by molar-refractivity contribution is -0.183. The summed E-state index contributed by atoms with van der Waals surface area (Å²) in [5.74, 6) is -0.0271. The highest BCUT2D eigenvalue weighted by Gasteiger charge is 2.42. The molecule has 0 amide bonds. The van der Waals surface area contributed by atoms with E-state index in [1.807, 2.05) is 13.1 Å². The summed E-state index contributed by atoms with van der Waals surface area (Å²) in [6.45, 7) is 2.80. The van der Waals surface area contributed by atoms with Crippen molar-refractivity contribution in [2.24, 2.45) is 5.92 Å². The van der Waals surface area contributed by atoms with Crippen molar-refractivity contribution in [2.45, 2.75) is 70.3 Å². The van der Waals surface area contributed by atoms with Crippen LogP contribution in [0.1, 0.15) is 43.6 Å². The van der Waals surface area contributed by atoms with Crippen molar-refractivity contribution in [1.29, 1.82) is 0 Å². The first-order valence-corrected chi connectivity index (χ1v) is 7.77. The summed E-state index contributed by atoms with van der Waals surface area (Å²) in [7, 11) is 0. The molecule has 118 valence electrons. The highest BCUT2D eigenvalue weighted by Crippen LogP contribution is 2.37. The second-order valence-electron chi connectivity index (χ2n) is 6.46. The normalized spacial score (nSPS) is 30.2. The maximum atomic E-state index is 12.9. The molecule has 1 N–H and O–H groups in total. The number of aryl methyl sites for hydroxylation is 2. The molecule has 21 heavy (non-hydrogen) atoms. The molecule has 0 spiro atoms. The summed E-state index contributed by atoms with van der Waals surface area (Å²) in [6.07, 6.45) is 1.91. The first kappa shape index (κ1) is 14.9. The number of hydrogen-bond acceptors (Lipinski definition) is 2. The van der Waals surface area contributed by atoms with E-state index in [0.717, 1.165) is 37.3 Å². The molecule has 3 unspecified atom stereocenters. The minimum atomic E-state index is -4.04. The molecule has 1 saturated carbocycles. The van der Waals surface area contributed by atoms with Crippen molar-refractivity contribution in [3.63, 3.8) is 0 Å². The van der Waals surface area contributed by atoms with E-state index >= 15 is 0 Å². The number of halogens is 3. The average Bonchev–Trinajstić information content (AvgIpc) is 2.77. The molecule has 3 nitrogen and oxygen atoms in total. The zero-order valence-electron chi connectivity index (χ0n) is 12.3. The van der Waals surface area contributed by atoms with E-state index in [1.165, 1.54) is 0 Å². The predicted molar refractivity (Wildman–Crippen MR) is 74.0 cm³/mol. The smallest absolute Gasteiger partial charge is 0.333 e. The Morgan fingerprint density at radius 2 is 2.05 bits per heavy atom. The van der Waals surface area contributed by atoms with Gasteiger partial charge in [0.15, 0.2) is 0 Å². The lowest BCUT2D eigenvalue weighted by Crippen LogP contribution is -2.46. The Bertz CT molecular complexity index is 495. The van der Waals surface area contributed by atoms with Crippen LogP contribution >= 0.6 is 0 Å². The molecule has 1 aliphatic heterocycles. The zero-order chi connectivity index (χ0) is 15.0. The topological polar surface area (TPSA) is 29.9 Å². The van der Waals surface area contributed by atoms with Crippen molar-refractivity contribution in [2.75, 3.05) is 0 Å². The highest BCUT2D eigenvalue weighted by molar-refractivity contribution is 5.06. The third kappa shape index (κ3) is 3.42. The van der Waals surface area contributed by atoms with Crippen molar-refractivity contribution in [1.82, 2.24) is 14.9 Å². The fourth-order valence-electron chi connectivity index (χ4n) is 3.69. The minimum Gasteiger partial charge on any atom is -0.333 e. The standard InChI is InChI=1S/C15H22F3N3/c1-10-8-21-9-13(5-6-14(21)19-10)20-12-4-2-3-11(7-12)15(16,17)18/h8,11-13,20H,2-7,9H2,1H3. The summed E-state index contributed by atoms with van der Waals surface area (Å²) in [5, 5.41) is 3.46. The summed E-state index contributed by atoms with van der Waals surface area (Å²) >= 11 is 0. The minimum absolute atomic E-state index is 0.00143. The van der Waals surface area contributed by atoms with Gasteiger partial charge in [-0.15, -0.1) is 0 Å². The monoisotopic (exact) mass is 301 g/mol. The zero-order valence-corrected chi connectivity index (χ0v) is 12.3. The van der Waals surface area contributed by atoms with Gasteiger partial charge in [-0.25, -0.2) is 4.98 Å². The van der Waals surface area contributed by atoms with Gasteiger partial charge in [-0.2, -0.15) is 13.2 Å². The largest absolute Gasteiger partial charge is 0.391 e. The molecule has 0 aromatic carbocycles. The molecule has 1 aliphatic carbocycles. The van der Waals surface area contributed by atoms with E-state index in [2.05, 4.69) is 14.9 Å². The third-order valence-electron chi connectivity index (χ3n) is 4.72. The van der Waals surface area contributed by atoms with Crippen LogP contribution in [0.25, 0.3) is 0 Å². The fourth-order valence-corrected chi connectivity index (χ4v) is 3.69. The number of imidazole rings is 1. The number of nitrogens with one attached hydrogen (secondary N) is 1. The summed E-state index contributed by atoms with van der Waals surface area (Å²) in [5.41, 5.74) is 1.01. The quantitative estimate of drug-likeness (QED) is 0.909. The van der Waals surface area contributed by atoms with Crippen LogP contribution in [0, 0.1) is 12.8 Å². The Morgan fingerprint density at radius 1 is 1.24 bits per heavy atom. The van der Waals surface area contributed by atoms with E-state index < -0.39 is 12.1 Å². The van der Waals surface area contributed by atoms with Gasteiger partial charge in [-0.1, -0.05) is 6.42 Å². The van der Waals surface area contributed by atoms with E-state index in [1.54, 1.807) is 0 Å². The highest BCUT2D eigenvalue weighted by atomic mass is 19.4. The van der Waals surface area contributed by atoms with E-state index in [0.29, 0.717) is 6.42 Å². The van der Waals surface area contributed by atoms with Gasteiger partial charge in [-0.05, 0) is 32.6 Å². The Kier molecular flexibility index (Phi) is 3.99. The summed E-state index contributed by atoms with van der Waals surface area (Å²) in [4.78, 5) is 4.46. The van der Waals surface area contributed by atoms with Crippen LogP contribution in [-0.4, -0.2) is 27.8 Å². The second-order valence-corrected chi connectivity index (χ2v) is 6.46. The maximum absolute atomic E-state index is 12.9. The predicted octanol–water partition coefficient (Wildman–Crippen LogP) is 3.22. The van der Waals surface area contributed by atoms with Crippen molar-refractivity contribution < 1.29 is 13.2 Å². The van der Waals surface area contributed by atoms with Crippen LogP contribution in [0.15, 0.2) is 6.20 Å².